The Hall–Kier alpha value is -3.41. The number of benzene rings is 2. The molecule has 0 saturated heterocycles. The molecule has 3 aromatic rings. The minimum Gasteiger partial charge on any atom is -0.507 e. The van der Waals surface area contributed by atoms with E-state index in [-0.39, 0.29) is 36.2 Å². The van der Waals surface area contributed by atoms with Crippen LogP contribution >= 0.6 is 0 Å². The highest BCUT2D eigenvalue weighted by Gasteiger charge is 2.12. The Morgan fingerprint density at radius 1 is 0.920 bits per heavy atom. The van der Waals surface area contributed by atoms with E-state index in [1.54, 1.807) is 30.5 Å². The molecule has 0 unspecified atom stereocenters. The molecule has 0 radical (unpaired) electrons. The van der Waals surface area contributed by atoms with Gasteiger partial charge in [0, 0.05) is 25.5 Å². The van der Waals surface area contributed by atoms with E-state index in [1.807, 2.05) is 24.3 Å². The van der Waals surface area contributed by atoms with E-state index >= 15 is 0 Å². The van der Waals surface area contributed by atoms with Crippen LogP contribution in [0.1, 0.15) is 20.7 Å². The lowest BCUT2D eigenvalue weighted by Crippen LogP contribution is -2.34. The number of fused-ring (bicyclic) bond motifs is 1. The minimum atomic E-state index is -0.390. The molecule has 0 aliphatic rings. The first-order valence-electron chi connectivity index (χ1n) is 7.83. The summed E-state index contributed by atoms with van der Waals surface area (Å²) in [5, 5.41) is 17.1. The number of hydrogen-bond acceptors (Lipinski definition) is 4. The molecule has 6 nitrogen and oxygen atoms in total. The Balaban J connectivity index is 1.56. The molecular formula is C19H17N3O3. The summed E-state index contributed by atoms with van der Waals surface area (Å²) in [6.45, 7) is 0.519. The lowest BCUT2D eigenvalue weighted by Gasteiger charge is -2.09. The van der Waals surface area contributed by atoms with Crippen LogP contribution < -0.4 is 10.6 Å². The Morgan fingerprint density at radius 2 is 1.60 bits per heavy atom. The highest BCUT2D eigenvalue weighted by molar-refractivity contribution is 6.01. The fourth-order valence-electron chi connectivity index (χ4n) is 2.46. The molecule has 0 atom stereocenters. The molecule has 1 heterocycles. The van der Waals surface area contributed by atoms with Crippen LogP contribution in [0.3, 0.4) is 0 Å². The lowest BCUT2D eigenvalue weighted by molar-refractivity contribution is 0.0926. The number of aromatic nitrogens is 1. The van der Waals surface area contributed by atoms with Gasteiger partial charge >= 0.3 is 0 Å². The van der Waals surface area contributed by atoms with Crippen molar-refractivity contribution in [2.24, 2.45) is 0 Å². The average Bonchev–Trinajstić information content (AvgIpc) is 2.65. The van der Waals surface area contributed by atoms with Crippen molar-refractivity contribution >= 4 is 22.6 Å². The fraction of sp³-hybridized carbons (Fsp3) is 0.105. The van der Waals surface area contributed by atoms with Crippen molar-refractivity contribution in [1.82, 2.24) is 15.6 Å². The van der Waals surface area contributed by atoms with Gasteiger partial charge in [0.15, 0.2) is 0 Å². The second-order valence-electron chi connectivity index (χ2n) is 5.47. The van der Waals surface area contributed by atoms with Crippen molar-refractivity contribution < 1.29 is 14.7 Å². The highest BCUT2D eigenvalue weighted by Crippen LogP contribution is 2.24. The zero-order valence-corrected chi connectivity index (χ0v) is 13.4. The second-order valence-corrected chi connectivity index (χ2v) is 5.47. The van der Waals surface area contributed by atoms with Gasteiger partial charge in [0.1, 0.15) is 5.75 Å². The first-order valence-corrected chi connectivity index (χ1v) is 7.83. The maximum Gasteiger partial charge on any atom is 0.255 e. The maximum absolute atomic E-state index is 12.2. The van der Waals surface area contributed by atoms with Gasteiger partial charge in [-0.3, -0.25) is 14.6 Å². The molecule has 1 aromatic heterocycles. The number of aromatic hydroxyl groups is 1. The number of carbonyl (C=O) groups is 2. The zero-order chi connectivity index (χ0) is 17.6. The number of rotatable bonds is 5. The van der Waals surface area contributed by atoms with Crippen molar-refractivity contribution in [2.45, 2.75) is 0 Å². The summed E-state index contributed by atoms with van der Waals surface area (Å²) in [5.74, 6) is -0.717. The normalized spacial score (nSPS) is 10.4. The molecule has 126 valence electrons. The van der Waals surface area contributed by atoms with Crippen LogP contribution in [-0.4, -0.2) is 35.0 Å². The molecule has 0 spiro atoms. The molecule has 0 aliphatic carbocycles. The van der Waals surface area contributed by atoms with Crippen LogP contribution in [0.5, 0.6) is 5.75 Å². The monoisotopic (exact) mass is 335 g/mol. The van der Waals surface area contributed by atoms with Crippen LogP contribution in [0.2, 0.25) is 0 Å². The third kappa shape index (κ3) is 3.92. The van der Waals surface area contributed by atoms with Crippen molar-refractivity contribution in [3.8, 4) is 5.75 Å². The number of pyridine rings is 1. The SMILES string of the molecule is O=C(NCCNC(=O)c1cc2ccccc2cc1O)c1cccnc1. The van der Waals surface area contributed by atoms with Crippen molar-refractivity contribution in [2.75, 3.05) is 13.1 Å². The average molecular weight is 335 g/mol. The van der Waals surface area contributed by atoms with Gasteiger partial charge in [-0.25, -0.2) is 0 Å². The van der Waals surface area contributed by atoms with Gasteiger partial charge in [0.05, 0.1) is 11.1 Å². The van der Waals surface area contributed by atoms with Gasteiger partial charge in [-0.15, -0.1) is 0 Å². The van der Waals surface area contributed by atoms with Crippen LogP contribution in [0.4, 0.5) is 0 Å². The summed E-state index contributed by atoms with van der Waals surface area (Å²) in [5.41, 5.74) is 0.665. The maximum atomic E-state index is 12.2. The fourth-order valence-corrected chi connectivity index (χ4v) is 2.46. The van der Waals surface area contributed by atoms with Crippen molar-refractivity contribution in [3.05, 3.63) is 72.1 Å². The number of nitrogens with one attached hydrogen (secondary N) is 2. The van der Waals surface area contributed by atoms with Gasteiger partial charge in [0.2, 0.25) is 0 Å². The first kappa shape index (κ1) is 16.4. The second kappa shape index (κ2) is 7.44. The van der Waals surface area contributed by atoms with E-state index in [4.69, 9.17) is 0 Å². The van der Waals surface area contributed by atoms with Gasteiger partial charge < -0.3 is 15.7 Å². The third-order valence-electron chi connectivity index (χ3n) is 3.73. The summed E-state index contributed by atoms with van der Waals surface area (Å²) in [4.78, 5) is 28.0. The van der Waals surface area contributed by atoms with E-state index in [0.29, 0.717) is 5.56 Å². The molecule has 25 heavy (non-hydrogen) atoms. The molecular weight excluding hydrogens is 318 g/mol. The molecule has 0 fully saturated rings. The Labute approximate surface area is 144 Å². The summed E-state index contributed by atoms with van der Waals surface area (Å²) < 4.78 is 0. The van der Waals surface area contributed by atoms with Gasteiger partial charge in [-0.2, -0.15) is 0 Å². The molecule has 6 heteroatoms. The number of carbonyl (C=O) groups excluding carboxylic acids is 2. The topological polar surface area (TPSA) is 91.3 Å². The highest BCUT2D eigenvalue weighted by atomic mass is 16.3. The number of hydrogen-bond donors (Lipinski definition) is 3. The van der Waals surface area contributed by atoms with E-state index in [1.165, 1.54) is 6.20 Å². The summed E-state index contributed by atoms with van der Waals surface area (Å²) in [6, 6.07) is 14.0. The molecule has 2 aromatic carbocycles. The summed E-state index contributed by atoms with van der Waals surface area (Å²) in [6.07, 6.45) is 3.06. The van der Waals surface area contributed by atoms with Crippen molar-refractivity contribution in [3.63, 3.8) is 0 Å². The third-order valence-corrected chi connectivity index (χ3v) is 3.73. The molecule has 3 rings (SSSR count). The van der Waals surface area contributed by atoms with Gasteiger partial charge in [-0.1, -0.05) is 24.3 Å². The summed E-state index contributed by atoms with van der Waals surface area (Å²) >= 11 is 0. The molecule has 0 bridgehead atoms. The molecule has 0 saturated carbocycles. The number of phenols is 1. The molecule has 3 N–H and O–H groups in total. The Morgan fingerprint density at radius 3 is 2.28 bits per heavy atom. The first-order chi connectivity index (χ1) is 12.1. The predicted molar refractivity (Wildman–Crippen MR) is 94.5 cm³/mol. The van der Waals surface area contributed by atoms with Gasteiger partial charge in [-0.05, 0) is 35.0 Å². The van der Waals surface area contributed by atoms with E-state index < -0.39 is 0 Å². The summed E-state index contributed by atoms with van der Waals surface area (Å²) in [7, 11) is 0. The zero-order valence-electron chi connectivity index (χ0n) is 13.4. The van der Waals surface area contributed by atoms with Crippen molar-refractivity contribution in [1.29, 1.82) is 0 Å². The van der Waals surface area contributed by atoms with E-state index in [9.17, 15) is 14.7 Å². The standard InChI is InChI=1S/C19H17N3O3/c23-17-11-14-5-2-1-4-13(14)10-16(17)19(25)22-9-8-21-18(24)15-6-3-7-20-12-15/h1-7,10-12,23H,8-9H2,(H,21,24)(H,22,25). The van der Waals surface area contributed by atoms with Gasteiger partial charge in [0.25, 0.3) is 11.8 Å². The van der Waals surface area contributed by atoms with Crippen LogP contribution in [0, 0.1) is 0 Å². The quantitative estimate of drug-likeness (QED) is 0.623. The van der Waals surface area contributed by atoms with Crippen LogP contribution in [0.15, 0.2) is 60.9 Å². The molecule has 2 amide bonds. The van der Waals surface area contributed by atoms with Crippen LogP contribution in [0.25, 0.3) is 10.8 Å². The number of nitrogens with zero attached hydrogens (tertiary/aromatic N) is 1. The van der Waals surface area contributed by atoms with Crippen LogP contribution in [-0.2, 0) is 0 Å². The lowest BCUT2D eigenvalue weighted by atomic mass is 10.1. The number of phenolic OH excluding ortho intramolecular Hbond substituents is 1. The predicted octanol–water partition coefficient (Wildman–Crippen LogP) is 2.10. The molecule has 0 aliphatic heterocycles. The van der Waals surface area contributed by atoms with E-state index in [2.05, 4.69) is 15.6 Å². The number of amides is 2. The smallest absolute Gasteiger partial charge is 0.255 e. The largest absolute Gasteiger partial charge is 0.507 e. The minimum absolute atomic E-state index is 0.0735. The Bertz CT molecular complexity index is 910. The van der Waals surface area contributed by atoms with E-state index in [0.717, 1.165) is 10.8 Å². The Kier molecular flexibility index (Phi) is 4.89.